The summed E-state index contributed by atoms with van der Waals surface area (Å²) < 4.78 is 0. The average molecular weight is 234 g/mol. The van der Waals surface area contributed by atoms with Gasteiger partial charge in [0.1, 0.15) is 0 Å². The average Bonchev–Trinajstić information content (AvgIpc) is 2.74. The highest BCUT2D eigenvalue weighted by atomic mass is 33.1. The van der Waals surface area contributed by atoms with E-state index >= 15 is 0 Å². The molecular formula is C8H10S4. The first-order valence-corrected chi connectivity index (χ1v) is 8.21. The Bertz CT molecular complexity index is 177. The van der Waals surface area contributed by atoms with Crippen LogP contribution in [-0.4, -0.2) is 22.0 Å². The number of thioether (sulfide) groups is 2. The van der Waals surface area contributed by atoms with Gasteiger partial charge in [0, 0.05) is 22.0 Å². The molecule has 0 nitrogen and oxygen atoms in total. The van der Waals surface area contributed by atoms with Crippen molar-refractivity contribution >= 4 is 45.1 Å². The van der Waals surface area contributed by atoms with Gasteiger partial charge in [-0.2, -0.15) is 0 Å². The Morgan fingerprint density at radius 1 is 0.917 bits per heavy atom. The molecule has 66 valence electrons. The summed E-state index contributed by atoms with van der Waals surface area (Å²) in [7, 11) is 4.05. The Morgan fingerprint density at radius 2 is 1.42 bits per heavy atom. The molecule has 2 atom stereocenters. The van der Waals surface area contributed by atoms with Gasteiger partial charge < -0.3 is 0 Å². The lowest BCUT2D eigenvalue weighted by molar-refractivity contribution is 1.30. The molecule has 0 fully saturated rings. The van der Waals surface area contributed by atoms with E-state index < -0.39 is 0 Å². The minimum atomic E-state index is 0.749. The smallest absolute Gasteiger partial charge is 0.0433 e. The van der Waals surface area contributed by atoms with Crippen LogP contribution in [0.3, 0.4) is 0 Å². The first-order chi connectivity index (χ1) is 5.95. The molecule has 0 saturated heterocycles. The summed E-state index contributed by atoms with van der Waals surface area (Å²) in [5, 5.41) is 5.94. The Balaban J connectivity index is 1.67. The Kier molecular flexibility index (Phi) is 3.88. The minimum absolute atomic E-state index is 0.749. The number of hydrogen-bond acceptors (Lipinski definition) is 4. The van der Waals surface area contributed by atoms with Crippen LogP contribution in [0.2, 0.25) is 0 Å². The van der Waals surface area contributed by atoms with E-state index in [0.29, 0.717) is 0 Å². The third kappa shape index (κ3) is 2.69. The van der Waals surface area contributed by atoms with Crippen LogP contribution >= 0.6 is 45.1 Å². The van der Waals surface area contributed by atoms with Gasteiger partial charge in [-0.05, 0) is 10.8 Å². The lowest BCUT2D eigenvalue weighted by Crippen LogP contribution is -1.99. The maximum atomic E-state index is 2.31. The minimum Gasteiger partial charge on any atom is -0.133 e. The van der Waals surface area contributed by atoms with Crippen LogP contribution in [-0.2, 0) is 0 Å². The molecule has 0 aromatic rings. The third-order valence-electron chi connectivity index (χ3n) is 1.60. The molecule has 0 amide bonds. The molecule has 0 aliphatic carbocycles. The van der Waals surface area contributed by atoms with Gasteiger partial charge in [0.15, 0.2) is 0 Å². The highest BCUT2D eigenvalue weighted by Gasteiger charge is 2.15. The Morgan fingerprint density at radius 3 is 1.75 bits per heavy atom. The van der Waals surface area contributed by atoms with Crippen molar-refractivity contribution < 1.29 is 0 Å². The van der Waals surface area contributed by atoms with Gasteiger partial charge in [0.05, 0.1) is 0 Å². The van der Waals surface area contributed by atoms with Gasteiger partial charge in [-0.1, -0.05) is 33.7 Å². The van der Waals surface area contributed by atoms with E-state index in [9.17, 15) is 0 Å². The Labute approximate surface area is 89.8 Å². The van der Waals surface area contributed by atoms with Gasteiger partial charge >= 0.3 is 0 Å². The van der Waals surface area contributed by atoms with E-state index in [1.54, 1.807) is 0 Å². The van der Waals surface area contributed by atoms with E-state index in [1.165, 1.54) is 11.5 Å². The molecule has 2 aliphatic heterocycles. The molecule has 0 spiro atoms. The topological polar surface area (TPSA) is 0 Å². The van der Waals surface area contributed by atoms with E-state index in [0.717, 1.165) is 10.5 Å². The second-order valence-electron chi connectivity index (χ2n) is 2.59. The summed E-state index contributed by atoms with van der Waals surface area (Å²) in [5.41, 5.74) is 0. The quantitative estimate of drug-likeness (QED) is 0.684. The summed E-state index contributed by atoms with van der Waals surface area (Å²) in [6.45, 7) is 0. The second-order valence-corrected chi connectivity index (χ2v) is 7.22. The lowest BCUT2D eigenvalue weighted by Gasteiger charge is -2.08. The molecule has 0 saturated carbocycles. The fourth-order valence-electron chi connectivity index (χ4n) is 0.961. The van der Waals surface area contributed by atoms with Crippen LogP contribution in [0.5, 0.6) is 0 Å². The highest BCUT2D eigenvalue weighted by molar-refractivity contribution is 8.77. The van der Waals surface area contributed by atoms with Crippen molar-refractivity contribution in [1.82, 2.24) is 0 Å². The predicted octanol–water partition coefficient (Wildman–Crippen LogP) is 3.63. The molecule has 0 aromatic heterocycles. The van der Waals surface area contributed by atoms with Crippen molar-refractivity contribution in [2.24, 2.45) is 0 Å². The monoisotopic (exact) mass is 234 g/mol. The molecule has 0 bridgehead atoms. The summed E-state index contributed by atoms with van der Waals surface area (Å²) in [6.07, 6.45) is 4.63. The van der Waals surface area contributed by atoms with Crippen molar-refractivity contribution in [2.75, 3.05) is 11.5 Å². The first-order valence-electron chi connectivity index (χ1n) is 3.84. The van der Waals surface area contributed by atoms with Crippen LogP contribution in [0.15, 0.2) is 23.0 Å². The SMILES string of the molecule is C1=CC(SSC2C=CSC2)CS1. The van der Waals surface area contributed by atoms with E-state index in [4.69, 9.17) is 0 Å². The van der Waals surface area contributed by atoms with Gasteiger partial charge in [-0.15, -0.1) is 23.5 Å². The highest BCUT2D eigenvalue weighted by Crippen LogP contribution is 2.39. The summed E-state index contributed by atoms with van der Waals surface area (Å²) in [5.74, 6) is 2.53. The van der Waals surface area contributed by atoms with Crippen LogP contribution in [0.25, 0.3) is 0 Å². The van der Waals surface area contributed by atoms with Gasteiger partial charge in [-0.3, -0.25) is 0 Å². The van der Waals surface area contributed by atoms with Crippen molar-refractivity contribution in [3.05, 3.63) is 23.0 Å². The second kappa shape index (κ2) is 4.94. The van der Waals surface area contributed by atoms with E-state index in [-0.39, 0.29) is 0 Å². The zero-order valence-corrected chi connectivity index (χ0v) is 9.78. The molecule has 0 radical (unpaired) electrons. The normalized spacial score (nSPS) is 33.3. The molecule has 4 heteroatoms. The Hall–Kier alpha value is 0.880. The summed E-state index contributed by atoms with van der Waals surface area (Å²) in [6, 6.07) is 0. The third-order valence-corrected chi connectivity index (χ3v) is 6.90. The zero-order chi connectivity index (χ0) is 8.23. The largest absolute Gasteiger partial charge is 0.133 e. The van der Waals surface area contributed by atoms with Crippen LogP contribution in [0.4, 0.5) is 0 Å². The van der Waals surface area contributed by atoms with Gasteiger partial charge in [0.2, 0.25) is 0 Å². The fourth-order valence-corrected chi connectivity index (χ4v) is 6.31. The molecule has 2 unspecified atom stereocenters. The molecule has 0 aromatic carbocycles. The van der Waals surface area contributed by atoms with Crippen molar-refractivity contribution in [2.45, 2.75) is 10.5 Å². The molecule has 0 N–H and O–H groups in total. The number of rotatable bonds is 3. The molecule has 2 rings (SSSR count). The lowest BCUT2D eigenvalue weighted by atomic mass is 10.5. The van der Waals surface area contributed by atoms with Crippen molar-refractivity contribution in [3.63, 3.8) is 0 Å². The molecule has 2 heterocycles. The maximum Gasteiger partial charge on any atom is 0.0433 e. The molecular weight excluding hydrogens is 224 g/mol. The predicted molar refractivity (Wildman–Crippen MR) is 66.0 cm³/mol. The summed E-state index contributed by atoms with van der Waals surface area (Å²) >= 11 is 3.85. The maximum absolute atomic E-state index is 2.31. The first kappa shape index (κ1) is 9.44. The fraction of sp³-hybridized carbons (Fsp3) is 0.500. The van der Waals surface area contributed by atoms with Crippen LogP contribution < -0.4 is 0 Å². The van der Waals surface area contributed by atoms with E-state index in [2.05, 4.69) is 23.0 Å². The van der Waals surface area contributed by atoms with Crippen molar-refractivity contribution in [1.29, 1.82) is 0 Å². The molecule has 12 heavy (non-hydrogen) atoms. The van der Waals surface area contributed by atoms with E-state index in [1.807, 2.05) is 45.1 Å². The standard InChI is InChI=1S/C8H10S4/c1-3-9-5-7(1)11-12-8-2-4-10-6-8/h1-4,7-8H,5-6H2. The number of hydrogen-bond donors (Lipinski definition) is 0. The van der Waals surface area contributed by atoms with Crippen molar-refractivity contribution in [3.8, 4) is 0 Å². The van der Waals surface area contributed by atoms with Crippen LogP contribution in [0.1, 0.15) is 0 Å². The molecule has 2 aliphatic rings. The van der Waals surface area contributed by atoms with Gasteiger partial charge in [0.25, 0.3) is 0 Å². The zero-order valence-electron chi connectivity index (χ0n) is 6.51. The van der Waals surface area contributed by atoms with Gasteiger partial charge in [-0.25, -0.2) is 0 Å². The summed E-state index contributed by atoms with van der Waals surface area (Å²) in [4.78, 5) is 0. The van der Waals surface area contributed by atoms with Crippen LogP contribution in [0, 0.1) is 0 Å².